The van der Waals surface area contributed by atoms with Crippen LogP contribution in [-0.2, 0) is 0 Å². The summed E-state index contributed by atoms with van der Waals surface area (Å²) in [5.74, 6) is 0.0453. The van der Waals surface area contributed by atoms with Gasteiger partial charge in [-0.2, -0.15) is 0 Å². The number of hydrogen-bond donors (Lipinski definition) is 1. The number of carbonyl (C=O) groups is 1. The fraction of sp³-hybridized carbons (Fsp3) is 0.357. The highest BCUT2D eigenvalue weighted by Crippen LogP contribution is 2.16. The molecule has 0 spiro atoms. The molecule has 1 aromatic rings. The zero-order valence-corrected chi connectivity index (χ0v) is 11.6. The average molecular weight is 249 g/mol. The van der Waals surface area contributed by atoms with E-state index in [9.17, 15) is 4.79 Å². The van der Waals surface area contributed by atoms with Crippen LogP contribution in [0.4, 0.5) is 0 Å². The molecule has 0 aliphatic rings. The molecule has 0 fully saturated rings. The lowest BCUT2D eigenvalue weighted by atomic mass is 10.1. The van der Waals surface area contributed by atoms with Crippen LogP contribution in [-0.4, -0.2) is 23.9 Å². The summed E-state index contributed by atoms with van der Waals surface area (Å²) < 4.78 is 0. The second-order valence-electron chi connectivity index (χ2n) is 4.28. The first-order valence-corrected chi connectivity index (χ1v) is 6.13. The Labute approximate surface area is 109 Å². The molecule has 17 heavy (non-hydrogen) atoms. The van der Waals surface area contributed by atoms with Crippen LogP contribution in [0, 0.1) is 6.92 Å². The van der Waals surface area contributed by atoms with E-state index >= 15 is 0 Å². The number of rotatable bonds is 4. The standard InChI is InChI=1S/C14H19NOS/c1-5-15(9-10(2)3)14(16)13-8-12(17)7-6-11(13)4/h6-8,17H,2,5,9H2,1,3-4H3. The van der Waals surface area contributed by atoms with Crippen LogP contribution in [0.25, 0.3) is 0 Å². The molecule has 0 aromatic heterocycles. The quantitative estimate of drug-likeness (QED) is 0.641. The third-order valence-corrected chi connectivity index (χ3v) is 2.86. The molecular weight excluding hydrogens is 230 g/mol. The molecule has 0 unspecified atom stereocenters. The van der Waals surface area contributed by atoms with Crippen LogP contribution < -0.4 is 0 Å². The van der Waals surface area contributed by atoms with E-state index in [4.69, 9.17) is 0 Å². The third kappa shape index (κ3) is 3.63. The molecule has 0 radical (unpaired) electrons. The first-order chi connectivity index (χ1) is 7.95. The van der Waals surface area contributed by atoms with E-state index in [0.29, 0.717) is 13.1 Å². The van der Waals surface area contributed by atoms with Gasteiger partial charge in [0.1, 0.15) is 0 Å². The first-order valence-electron chi connectivity index (χ1n) is 5.69. The van der Waals surface area contributed by atoms with E-state index < -0.39 is 0 Å². The van der Waals surface area contributed by atoms with Crippen molar-refractivity contribution in [2.75, 3.05) is 13.1 Å². The normalized spacial score (nSPS) is 10.1. The number of nitrogens with zero attached hydrogens (tertiary/aromatic N) is 1. The highest BCUT2D eigenvalue weighted by atomic mass is 32.1. The monoisotopic (exact) mass is 249 g/mol. The number of carbonyl (C=O) groups excluding carboxylic acids is 1. The molecule has 1 aromatic carbocycles. The van der Waals surface area contributed by atoms with Gasteiger partial charge in [0.15, 0.2) is 0 Å². The molecule has 0 heterocycles. The highest BCUT2D eigenvalue weighted by Gasteiger charge is 2.16. The van der Waals surface area contributed by atoms with E-state index in [1.54, 1.807) is 4.90 Å². The van der Waals surface area contributed by atoms with E-state index in [1.807, 2.05) is 39.0 Å². The Morgan fingerprint density at radius 1 is 1.47 bits per heavy atom. The number of aryl methyl sites for hydroxylation is 1. The molecular formula is C14H19NOS. The largest absolute Gasteiger partial charge is 0.335 e. The maximum absolute atomic E-state index is 12.3. The van der Waals surface area contributed by atoms with Crippen molar-refractivity contribution in [3.8, 4) is 0 Å². The minimum atomic E-state index is 0.0453. The molecule has 0 bridgehead atoms. The van der Waals surface area contributed by atoms with Gasteiger partial charge in [-0.3, -0.25) is 4.79 Å². The molecule has 0 atom stereocenters. The molecule has 0 aliphatic heterocycles. The van der Waals surface area contributed by atoms with Crippen LogP contribution >= 0.6 is 12.6 Å². The molecule has 92 valence electrons. The Kier molecular flexibility index (Phi) is 4.82. The fourth-order valence-corrected chi connectivity index (χ4v) is 1.87. The number of benzene rings is 1. The molecule has 1 amide bonds. The van der Waals surface area contributed by atoms with Gasteiger partial charge in [-0.05, 0) is 38.5 Å². The van der Waals surface area contributed by atoms with Crippen LogP contribution in [0.2, 0.25) is 0 Å². The van der Waals surface area contributed by atoms with E-state index in [-0.39, 0.29) is 5.91 Å². The summed E-state index contributed by atoms with van der Waals surface area (Å²) in [7, 11) is 0. The summed E-state index contributed by atoms with van der Waals surface area (Å²) in [6.45, 7) is 11.0. The average Bonchev–Trinajstić information content (AvgIpc) is 2.28. The van der Waals surface area contributed by atoms with Crippen molar-refractivity contribution in [2.24, 2.45) is 0 Å². The Morgan fingerprint density at radius 3 is 2.65 bits per heavy atom. The van der Waals surface area contributed by atoms with Crippen molar-refractivity contribution < 1.29 is 4.79 Å². The molecule has 2 nitrogen and oxygen atoms in total. The first kappa shape index (κ1) is 13.8. The van der Waals surface area contributed by atoms with Gasteiger partial charge >= 0.3 is 0 Å². The molecule has 0 saturated carbocycles. The van der Waals surface area contributed by atoms with Crippen LogP contribution in [0.1, 0.15) is 29.8 Å². The summed E-state index contributed by atoms with van der Waals surface area (Å²) in [6.07, 6.45) is 0. The minimum Gasteiger partial charge on any atom is -0.335 e. The topological polar surface area (TPSA) is 20.3 Å². The van der Waals surface area contributed by atoms with Crippen LogP contribution in [0.15, 0.2) is 35.2 Å². The second-order valence-corrected chi connectivity index (χ2v) is 4.79. The Hall–Kier alpha value is -1.22. The summed E-state index contributed by atoms with van der Waals surface area (Å²) in [5, 5.41) is 0. The van der Waals surface area contributed by atoms with Crippen molar-refractivity contribution in [3.05, 3.63) is 41.5 Å². The Bertz CT molecular complexity index is 440. The summed E-state index contributed by atoms with van der Waals surface area (Å²) >= 11 is 4.28. The number of likely N-dealkylation sites (N-methyl/N-ethyl adjacent to an activating group) is 1. The third-order valence-electron chi connectivity index (χ3n) is 2.58. The van der Waals surface area contributed by atoms with E-state index in [0.717, 1.165) is 21.6 Å². The van der Waals surface area contributed by atoms with Gasteiger partial charge in [0.25, 0.3) is 5.91 Å². The summed E-state index contributed by atoms with van der Waals surface area (Å²) in [5.41, 5.74) is 2.69. The molecule has 3 heteroatoms. The van der Waals surface area contributed by atoms with Crippen molar-refractivity contribution in [3.63, 3.8) is 0 Å². The van der Waals surface area contributed by atoms with Gasteiger partial charge in [-0.1, -0.05) is 18.2 Å². The number of hydrogen-bond acceptors (Lipinski definition) is 2. The number of thiol groups is 1. The van der Waals surface area contributed by atoms with Crippen molar-refractivity contribution in [1.29, 1.82) is 0 Å². The molecule has 0 saturated heterocycles. The Morgan fingerprint density at radius 2 is 2.12 bits per heavy atom. The van der Waals surface area contributed by atoms with E-state index in [1.165, 1.54) is 0 Å². The summed E-state index contributed by atoms with van der Waals surface area (Å²) in [6, 6.07) is 5.64. The number of amides is 1. The van der Waals surface area contributed by atoms with Crippen molar-refractivity contribution in [1.82, 2.24) is 4.90 Å². The van der Waals surface area contributed by atoms with Crippen LogP contribution in [0.5, 0.6) is 0 Å². The van der Waals surface area contributed by atoms with Gasteiger partial charge < -0.3 is 4.90 Å². The lowest BCUT2D eigenvalue weighted by molar-refractivity contribution is 0.0777. The molecule has 0 N–H and O–H groups in total. The fourth-order valence-electron chi connectivity index (χ4n) is 1.66. The SMILES string of the molecule is C=C(C)CN(CC)C(=O)c1cc(S)ccc1C. The van der Waals surface area contributed by atoms with Gasteiger partial charge in [0.2, 0.25) is 0 Å². The van der Waals surface area contributed by atoms with Crippen molar-refractivity contribution >= 4 is 18.5 Å². The second kappa shape index (κ2) is 5.92. The van der Waals surface area contributed by atoms with Crippen LogP contribution in [0.3, 0.4) is 0 Å². The summed E-state index contributed by atoms with van der Waals surface area (Å²) in [4.78, 5) is 14.9. The Balaban J connectivity index is 3.01. The van der Waals surface area contributed by atoms with Gasteiger partial charge in [0, 0.05) is 23.5 Å². The predicted molar refractivity (Wildman–Crippen MR) is 74.8 cm³/mol. The highest BCUT2D eigenvalue weighted by molar-refractivity contribution is 7.80. The van der Waals surface area contributed by atoms with Gasteiger partial charge in [-0.15, -0.1) is 12.6 Å². The van der Waals surface area contributed by atoms with Crippen molar-refractivity contribution in [2.45, 2.75) is 25.7 Å². The zero-order chi connectivity index (χ0) is 13.0. The van der Waals surface area contributed by atoms with Gasteiger partial charge in [-0.25, -0.2) is 0 Å². The lowest BCUT2D eigenvalue weighted by Gasteiger charge is -2.22. The molecule has 1 rings (SSSR count). The lowest BCUT2D eigenvalue weighted by Crippen LogP contribution is -2.32. The van der Waals surface area contributed by atoms with E-state index in [2.05, 4.69) is 19.2 Å². The smallest absolute Gasteiger partial charge is 0.254 e. The minimum absolute atomic E-state index is 0.0453. The maximum atomic E-state index is 12.3. The predicted octanol–water partition coefficient (Wildman–Crippen LogP) is 3.32. The maximum Gasteiger partial charge on any atom is 0.254 e. The molecule has 0 aliphatic carbocycles. The van der Waals surface area contributed by atoms with Gasteiger partial charge in [0.05, 0.1) is 0 Å². The zero-order valence-electron chi connectivity index (χ0n) is 10.7.